The van der Waals surface area contributed by atoms with E-state index in [0.29, 0.717) is 28.2 Å². The van der Waals surface area contributed by atoms with Crippen molar-refractivity contribution in [3.05, 3.63) is 108 Å². The second kappa shape index (κ2) is 8.92. The Kier molecular flexibility index (Phi) is 5.75. The zero-order valence-corrected chi connectivity index (χ0v) is 18.8. The molecule has 0 aliphatic rings. The molecule has 0 spiro atoms. The summed E-state index contributed by atoms with van der Waals surface area (Å²) in [6.07, 6.45) is -0.265. The van der Waals surface area contributed by atoms with Gasteiger partial charge in [-0.3, -0.25) is 9.20 Å². The highest BCUT2D eigenvalue weighted by atomic mass is 19.4. The molecule has 5 aromatic rings. The molecule has 180 valence electrons. The molecule has 0 aliphatic carbocycles. The van der Waals surface area contributed by atoms with Crippen molar-refractivity contribution in [3.63, 3.8) is 0 Å². The highest BCUT2D eigenvalue weighted by molar-refractivity contribution is 6.06. The number of aryl methyl sites for hydroxylation is 1. The van der Waals surface area contributed by atoms with Gasteiger partial charge in [-0.25, -0.2) is 9.97 Å². The molecular formula is C27H18F4N4O. The molecule has 3 heterocycles. The van der Waals surface area contributed by atoms with Gasteiger partial charge in [0.2, 0.25) is 5.95 Å². The molecule has 9 heteroatoms. The van der Waals surface area contributed by atoms with E-state index in [1.54, 1.807) is 59.1 Å². The first-order valence-corrected chi connectivity index (χ1v) is 10.9. The highest BCUT2D eigenvalue weighted by Gasteiger charge is 2.35. The van der Waals surface area contributed by atoms with Crippen LogP contribution in [0.5, 0.6) is 0 Å². The number of nitrogens with zero attached hydrogens (tertiary/aromatic N) is 3. The van der Waals surface area contributed by atoms with Crippen LogP contribution < -0.4 is 5.32 Å². The number of carbonyl (C=O) groups is 1. The van der Waals surface area contributed by atoms with E-state index in [2.05, 4.69) is 15.3 Å². The number of nitrogens with one attached hydrogen (secondary N) is 1. The summed E-state index contributed by atoms with van der Waals surface area (Å²) in [5.74, 6) is -1.56. The van der Waals surface area contributed by atoms with Gasteiger partial charge >= 0.3 is 6.18 Å². The molecule has 5 rings (SSSR count). The van der Waals surface area contributed by atoms with Crippen LogP contribution in [-0.4, -0.2) is 20.3 Å². The van der Waals surface area contributed by atoms with Crippen molar-refractivity contribution in [3.8, 4) is 22.4 Å². The Bertz CT molecular complexity index is 1590. The lowest BCUT2D eigenvalue weighted by atomic mass is 9.98. The maximum absolute atomic E-state index is 14.3. The van der Waals surface area contributed by atoms with Crippen molar-refractivity contribution < 1.29 is 22.4 Å². The van der Waals surface area contributed by atoms with Crippen LogP contribution in [0.15, 0.2) is 85.3 Å². The Morgan fingerprint density at radius 3 is 2.42 bits per heavy atom. The third kappa shape index (κ3) is 4.31. The summed E-state index contributed by atoms with van der Waals surface area (Å²) in [7, 11) is 0. The second-order valence-corrected chi connectivity index (χ2v) is 8.18. The number of pyridine rings is 2. The predicted molar refractivity (Wildman–Crippen MR) is 128 cm³/mol. The smallest absolute Gasteiger partial charge is 0.322 e. The number of carbonyl (C=O) groups excluding carboxylic acids is 1. The van der Waals surface area contributed by atoms with Crippen LogP contribution in [0, 0.1) is 12.9 Å². The van der Waals surface area contributed by atoms with Gasteiger partial charge in [-0.1, -0.05) is 23.8 Å². The van der Waals surface area contributed by atoms with Gasteiger partial charge in [-0.15, -0.1) is 0 Å². The Labute approximate surface area is 203 Å². The first-order chi connectivity index (χ1) is 17.2. The standard InChI is InChI=1S/C27H18F4N4O/c1-16-6-9-18(10-7-16)34-26(36)21-14-17(8-11-22(21)27(29,30)31)19-5-3-13-35-23(15-33-25(19)35)20-4-2-12-32-24(20)28/h2-15H,1H3,(H,34,36). The van der Waals surface area contributed by atoms with E-state index in [4.69, 9.17) is 0 Å². The minimum atomic E-state index is -4.73. The Morgan fingerprint density at radius 1 is 0.944 bits per heavy atom. The molecule has 2 aromatic carbocycles. The van der Waals surface area contributed by atoms with Crippen LogP contribution in [-0.2, 0) is 6.18 Å². The van der Waals surface area contributed by atoms with Crippen LogP contribution in [0.2, 0.25) is 0 Å². The molecule has 0 fully saturated rings. The fourth-order valence-corrected chi connectivity index (χ4v) is 3.99. The molecule has 0 unspecified atom stereocenters. The van der Waals surface area contributed by atoms with E-state index in [-0.39, 0.29) is 5.56 Å². The number of hydrogen-bond donors (Lipinski definition) is 1. The maximum Gasteiger partial charge on any atom is 0.417 e. The average Bonchev–Trinajstić information content (AvgIpc) is 3.29. The molecule has 0 saturated carbocycles. The summed E-state index contributed by atoms with van der Waals surface area (Å²) in [5, 5.41) is 2.54. The summed E-state index contributed by atoms with van der Waals surface area (Å²) in [6.45, 7) is 1.86. The van der Waals surface area contributed by atoms with Gasteiger partial charge in [0, 0.05) is 23.6 Å². The molecule has 1 amide bonds. The fraction of sp³-hybridized carbons (Fsp3) is 0.0741. The summed E-state index contributed by atoms with van der Waals surface area (Å²) >= 11 is 0. The van der Waals surface area contributed by atoms with E-state index in [1.807, 2.05) is 6.92 Å². The largest absolute Gasteiger partial charge is 0.417 e. The zero-order chi connectivity index (χ0) is 25.4. The van der Waals surface area contributed by atoms with Crippen LogP contribution in [0.4, 0.5) is 23.2 Å². The summed E-state index contributed by atoms with van der Waals surface area (Å²) < 4.78 is 57.3. The molecule has 0 radical (unpaired) electrons. The van der Waals surface area contributed by atoms with Crippen molar-refractivity contribution in [2.45, 2.75) is 13.1 Å². The van der Waals surface area contributed by atoms with E-state index < -0.39 is 29.2 Å². The predicted octanol–water partition coefficient (Wildman–Crippen LogP) is 6.78. The van der Waals surface area contributed by atoms with E-state index in [9.17, 15) is 22.4 Å². The van der Waals surface area contributed by atoms with Gasteiger partial charge in [0.15, 0.2) is 0 Å². The van der Waals surface area contributed by atoms with E-state index >= 15 is 0 Å². The third-order valence-corrected chi connectivity index (χ3v) is 5.76. The lowest BCUT2D eigenvalue weighted by Crippen LogP contribution is -2.19. The van der Waals surface area contributed by atoms with Gasteiger partial charge in [0.25, 0.3) is 5.91 Å². The maximum atomic E-state index is 14.3. The monoisotopic (exact) mass is 490 g/mol. The molecule has 0 bridgehead atoms. The summed E-state index contributed by atoms with van der Waals surface area (Å²) in [6, 6.07) is 16.6. The van der Waals surface area contributed by atoms with Crippen molar-refractivity contribution >= 4 is 17.2 Å². The lowest BCUT2D eigenvalue weighted by Gasteiger charge is -2.15. The quantitative estimate of drug-likeness (QED) is 0.223. The third-order valence-electron chi connectivity index (χ3n) is 5.76. The molecule has 0 atom stereocenters. The molecule has 3 aromatic heterocycles. The van der Waals surface area contributed by atoms with Crippen LogP contribution in [0.3, 0.4) is 0 Å². The number of amides is 1. The van der Waals surface area contributed by atoms with Crippen LogP contribution in [0.25, 0.3) is 28.0 Å². The Hall–Kier alpha value is -4.53. The number of fused-ring (bicyclic) bond motifs is 1. The normalized spacial score (nSPS) is 11.6. The van der Waals surface area contributed by atoms with Crippen molar-refractivity contribution in [2.24, 2.45) is 0 Å². The molecule has 0 saturated heterocycles. The summed E-state index contributed by atoms with van der Waals surface area (Å²) in [5.41, 5.74) is 1.64. The number of aromatic nitrogens is 3. The average molecular weight is 490 g/mol. The van der Waals surface area contributed by atoms with Gasteiger partial charge in [-0.05, 0) is 61.0 Å². The van der Waals surface area contributed by atoms with Crippen molar-refractivity contribution in [1.82, 2.24) is 14.4 Å². The number of rotatable bonds is 4. The highest BCUT2D eigenvalue weighted by Crippen LogP contribution is 2.36. The number of hydrogen-bond acceptors (Lipinski definition) is 3. The fourth-order valence-electron chi connectivity index (χ4n) is 3.99. The molecule has 1 N–H and O–H groups in total. The number of alkyl halides is 3. The van der Waals surface area contributed by atoms with Gasteiger partial charge in [-0.2, -0.15) is 17.6 Å². The number of imidazole rings is 1. The first-order valence-electron chi connectivity index (χ1n) is 10.9. The SMILES string of the molecule is Cc1ccc(NC(=O)c2cc(-c3cccn4c(-c5cccnc5F)cnc34)ccc2C(F)(F)F)cc1. The topological polar surface area (TPSA) is 59.3 Å². The minimum Gasteiger partial charge on any atom is -0.322 e. The van der Waals surface area contributed by atoms with Gasteiger partial charge in [0.1, 0.15) is 5.65 Å². The Morgan fingerprint density at radius 2 is 1.69 bits per heavy atom. The molecule has 36 heavy (non-hydrogen) atoms. The number of anilines is 1. The van der Waals surface area contributed by atoms with E-state index in [0.717, 1.165) is 11.6 Å². The van der Waals surface area contributed by atoms with Crippen LogP contribution in [0.1, 0.15) is 21.5 Å². The number of benzene rings is 2. The zero-order valence-electron chi connectivity index (χ0n) is 18.8. The second-order valence-electron chi connectivity index (χ2n) is 8.18. The Balaban J connectivity index is 1.61. The number of halogens is 4. The van der Waals surface area contributed by atoms with Gasteiger partial charge in [0.05, 0.1) is 28.6 Å². The van der Waals surface area contributed by atoms with E-state index in [1.165, 1.54) is 24.5 Å². The van der Waals surface area contributed by atoms with Crippen molar-refractivity contribution in [1.29, 1.82) is 0 Å². The minimum absolute atomic E-state index is 0.229. The molecule has 5 nitrogen and oxygen atoms in total. The molecular weight excluding hydrogens is 472 g/mol. The lowest BCUT2D eigenvalue weighted by molar-refractivity contribution is -0.137. The first kappa shape index (κ1) is 23.2. The van der Waals surface area contributed by atoms with Crippen LogP contribution >= 0.6 is 0 Å². The summed E-state index contributed by atoms with van der Waals surface area (Å²) in [4.78, 5) is 21.0. The van der Waals surface area contributed by atoms with Gasteiger partial charge < -0.3 is 5.32 Å². The van der Waals surface area contributed by atoms with Crippen molar-refractivity contribution in [2.75, 3.05) is 5.32 Å². The molecule has 0 aliphatic heterocycles.